The summed E-state index contributed by atoms with van der Waals surface area (Å²) in [5, 5.41) is 30.2. The Morgan fingerprint density at radius 3 is 2.58 bits per heavy atom. The van der Waals surface area contributed by atoms with E-state index in [4.69, 9.17) is 21.8 Å². The van der Waals surface area contributed by atoms with Gasteiger partial charge in [0.15, 0.2) is 6.04 Å². The van der Waals surface area contributed by atoms with Gasteiger partial charge >= 0.3 is 5.97 Å². The van der Waals surface area contributed by atoms with Crippen molar-refractivity contribution in [3.05, 3.63) is 38.9 Å². The summed E-state index contributed by atoms with van der Waals surface area (Å²) < 4.78 is 0. The number of hydrogen-bond donors (Lipinski definition) is 3. The third-order valence-electron chi connectivity index (χ3n) is 2.19. The third-order valence-corrected chi connectivity index (χ3v) is 2.42. The maximum absolute atomic E-state index is 11.7. The van der Waals surface area contributed by atoms with Crippen molar-refractivity contribution in [1.82, 2.24) is 5.32 Å². The summed E-state index contributed by atoms with van der Waals surface area (Å²) in [4.78, 5) is 32.3. The summed E-state index contributed by atoms with van der Waals surface area (Å²) in [6.07, 6.45) is 0. The molecule has 8 nitrogen and oxygen atoms in total. The van der Waals surface area contributed by atoms with Gasteiger partial charge in [0.05, 0.1) is 11.5 Å². The van der Waals surface area contributed by atoms with E-state index in [1.54, 1.807) is 0 Å². The van der Waals surface area contributed by atoms with Crippen LogP contribution in [0.15, 0.2) is 18.2 Å². The largest absolute Gasteiger partial charge is 0.480 e. The number of hydrogen-bond acceptors (Lipinski definition) is 5. The quantitative estimate of drug-likeness (QED) is 0.532. The third kappa shape index (κ3) is 3.63. The van der Waals surface area contributed by atoms with Crippen LogP contribution in [0.4, 0.5) is 5.69 Å². The molecule has 1 aromatic rings. The fraction of sp³-hybridized carbons (Fsp3) is 0.200. The predicted molar refractivity (Wildman–Crippen MR) is 64.1 cm³/mol. The summed E-state index contributed by atoms with van der Waals surface area (Å²) in [5.41, 5.74) is -0.888. The van der Waals surface area contributed by atoms with Gasteiger partial charge in [0, 0.05) is 11.1 Å². The highest BCUT2D eigenvalue weighted by Crippen LogP contribution is 2.22. The lowest BCUT2D eigenvalue weighted by Gasteiger charge is -2.11. The van der Waals surface area contributed by atoms with Crippen LogP contribution in [0.5, 0.6) is 0 Å². The molecule has 19 heavy (non-hydrogen) atoms. The molecule has 0 spiro atoms. The fourth-order valence-corrected chi connectivity index (χ4v) is 1.44. The molecule has 0 saturated carbocycles. The molecule has 0 aliphatic rings. The Hall–Kier alpha value is -2.19. The van der Waals surface area contributed by atoms with Crippen molar-refractivity contribution in [3.63, 3.8) is 0 Å². The van der Waals surface area contributed by atoms with Crippen molar-refractivity contribution >= 4 is 29.2 Å². The standard InChI is InChI=1S/C10H9ClN2O6/c11-5-1-2-8(13(18)19)6(3-5)9(15)12-7(4-14)10(16)17/h1-3,7,14H,4H2,(H,12,15)(H,16,17). The van der Waals surface area contributed by atoms with Crippen LogP contribution in [0.1, 0.15) is 10.4 Å². The average Bonchev–Trinajstić information content (AvgIpc) is 2.34. The van der Waals surface area contributed by atoms with E-state index in [9.17, 15) is 19.7 Å². The molecular weight excluding hydrogens is 280 g/mol. The Balaban J connectivity index is 3.08. The molecule has 102 valence electrons. The maximum atomic E-state index is 11.7. The lowest BCUT2D eigenvalue weighted by Crippen LogP contribution is -2.43. The van der Waals surface area contributed by atoms with Crippen molar-refractivity contribution in [2.45, 2.75) is 6.04 Å². The first-order chi connectivity index (χ1) is 8.86. The topological polar surface area (TPSA) is 130 Å². The second-order valence-corrected chi connectivity index (χ2v) is 3.90. The van der Waals surface area contributed by atoms with Gasteiger partial charge in [0.25, 0.3) is 11.6 Å². The summed E-state index contributed by atoms with van der Waals surface area (Å²) in [6.45, 7) is -0.838. The zero-order chi connectivity index (χ0) is 14.6. The van der Waals surface area contributed by atoms with E-state index in [1.807, 2.05) is 5.32 Å². The number of aliphatic hydroxyl groups is 1. The van der Waals surface area contributed by atoms with Gasteiger partial charge in [-0.3, -0.25) is 14.9 Å². The molecule has 0 saturated heterocycles. The second kappa shape index (κ2) is 6.12. The highest BCUT2D eigenvalue weighted by molar-refractivity contribution is 6.31. The molecular formula is C10H9ClN2O6. The Morgan fingerprint density at radius 1 is 1.47 bits per heavy atom. The Labute approximate surface area is 111 Å². The molecule has 0 aromatic heterocycles. The van der Waals surface area contributed by atoms with Gasteiger partial charge in [0.2, 0.25) is 0 Å². The SMILES string of the molecule is O=C(NC(CO)C(=O)O)c1cc(Cl)ccc1[N+](=O)[O-]. The summed E-state index contributed by atoms with van der Waals surface area (Å²) >= 11 is 5.63. The van der Waals surface area contributed by atoms with Crippen LogP contribution in [0, 0.1) is 10.1 Å². The number of aliphatic carboxylic acids is 1. The molecule has 1 aromatic carbocycles. The van der Waals surface area contributed by atoms with E-state index in [0.717, 1.165) is 12.1 Å². The highest BCUT2D eigenvalue weighted by Gasteiger charge is 2.25. The number of carboxylic acid groups (broad SMARTS) is 1. The number of nitro groups is 1. The summed E-state index contributed by atoms with van der Waals surface area (Å²) in [5.74, 6) is -2.46. The zero-order valence-corrected chi connectivity index (χ0v) is 10.1. The van der Waals surface area contributed by atoms with Crippen LogP contribution in [0.25, 0.3) is 0 Å². The average molecular weight is 289 g/mol. The lowest BCUT2D eigenvalue weighted by atomic mass is 10.1. The van der Waals surface area contributed by atoms with Crippen molar-refractivity contribution in [3.8, 4) is 0 Å². The van der Waals surface area contributed by atoms with Gasteiger partial charge in [-0.25, -0.2) is 4.79 Å². The molecule has 0 radical (unpaired) electrons. The summed E-state index contributed by atoms with van der Waals surface area (Å²) in [6, 6.07) is 1.76. The number of carboxylic acids is 1. The maximum Gasteiger partial charge on any atom is 0.328 e. The van der Waals surface area contributed by atoms with Gasteiger partial charge in [-0.05, 0) is 12.1 Å². The number of amides is 1. The van der Waals surface area contributed by atoms with Crippen LogP contribution >= 0.6 is 11.6 Å². The normalized spacial score (nSPS) is 11.7. The minimum Gasteiger partial charge on any atom is -0.480 e. The van der Waals surface area contributed by atoms with Crippen molar-refractivity contribution < 1.29 is 24.7 Å². The molecule has 0 aliphatic heterocycles. The molecule has 1 unspecified atom stereocenters. The molecule has 1 amide bonds. The number of rotatable bonds is 5. The van der Waals surface area contributed by atoms with Gasteiger partial charge in [-0.15, -0.1) is 0 Å². The number of carbonyl (C=O) groups is 2. The van der Waals surface area contributed by atoms with E-state index in [2.05, 4.69) is 0 Å². The Morgan fingerprint density at radius 2 is 2.11 bits per heavy atom. The lowest BCUT2D eigenvalue weighted by molar-refractivity contribution is -0.385. The molecule has 1 rings (SSSR count). The van der Waals surface area contributed by atoms with Crippen molar-refractivity contribution in [2.24, 2.45) is 0 Å². The Kier molecular flexibility index (Phi) is 4.79. The van der Waals surface area contributed by atoms with E-state index in [-0.39, 0.29) is 10.6 Å². The van der Waals surface area contributed by atoms with Gasteiger partial charge < -0.3 is 15.5 Å². The first-order valence-corrected chi connectivity index (χ1v) is 5.33. The van der Waals surface area contributed by atoms with Crippen molar-refractivity contribution in [2.75, 3.05) is 6.61 Å². The molecule has 9 heteroatoms. The van der Waals surface area contributed by atoms with Crippen LogP contribution in [-0.2, 0) is 4.79 Å². The van der Waals surface area contributed by atoms with Crippen LogP contribution in [0.2, 0.25) is 5.02 Å². The smallest absolute Gasteiger partial charge is 0.328 e. The number of nitrogens with one attached hydrogen (secondary N) is 1. The second-order valence-electron chi connectivity index (χ2n) is 3.47. The zero-order valence-electron chi connectivity index (χ0n) is 9.37. The monoisotopic (exact) mass is 288 g/mol. The molecule has 0 fully saturated rings. The van der Waals surface area contributed by atoms with Gasteiger partial charge in [-0.1, -0.05) is 11.6 Å². The first kappa shape index (κ1) is 14.9. The molecule has 0 heterocycles. The Bertz CT molecular complexity index is 533. The molecule has 0 aliphatic carbocycles. The number of nitrogens with zero attached hydrogens (tertiary/aromatic N) is 1. The summed E-state index contributed by atoms with van der Waals surface area (Å²) in [7, 11) is 0. The van der Waals surface area contributed by atoms with E-state index in [1.165, 1.54) is 6.07 Å². The van der Waals surface area contributed by atoms with Crippen LogP contribution < -0.4 is 5.32 Å². The van der Waals surface area contributed by atoms with Crippen LogP contribution in [0.3, 0.4) is 0 Å². The van der Waals surface area contributed by atoms with Crippen molar-refractivity contribution in [1.29, 1.82) is 0 Å². The highest BCUT2D eigenvalue weighted by atomic mass is 35.5. The number of aliphatic hydroxyl groups excluding tert-OH is 1. The van der Waals surface area contributed by atoms with Gasteiger partial charge in [-0.2, -0.15) is 0 Å². The predicted octanol–water partition coefficient (Wildman–Crippen LogP) is 0.423. The number of halogens is 1. The number of carbonyl (C=O) groups excluding carboxylic acids is 1. The first-order valence-electron chi connectivity index (χ1n) is 4.95. The minimum absolute atomic E-state index is 0.0895. The van der Waals surface area contributed by atoms with E-state index < -0.39 is 35.1 Å². The number of nitro benzene ring substituents is 1. The fourth-order valence-electron chi connectivity index (χ4n) is 1.27. The van der Waals surface area contributed by atoms with E-state index >= 15 is 0 Å². The molecule has 1 atom stereocenters. The van der Waals surface area contributed by atoms with Gasteiger partial charge in [0.1, 0.15) is 5.56 Å². The number of benzene rings is 1. The minimum atomic E-state index is -1.55. The molecule has 0 bridgehead atoms. The van der Waals surface area contributed by atoms with Crippen LogP contribution in [-0.4, -0.2) is 39.7 Å². The molecule has 3 N–H and O–H groups in total. The van der Waals surface area contributed by atoms with E-state index in [0.29, 0.717) is 0 Å².